The summed E-state index contributed by atoms with van der Waals surface area (Å²) in [4.78, 5) is 20.3. The molecular weight excluding hydrogens is 258 g/mol. The molecule has 0 aliphatic heterocycles. The van der Waals surface area contributed by atoms with Crippen LogP contribution in [0.5, 0.6) is 0 Å². The van der Waals surface area contributed by atoms with Crippen molar-refractivity contribution in [2.45, 2.75) is 32.7 Å². The van der Waals surface area contributed by atoms with Crippen molar-refractivity contribution in [1.29, 1.82) is 0 Å². The van der Waals surface area contributed by atoms with E-state index in [0.717, 1.165) is 16.3 Å². The molecule has 4 nitrogen and oxygen atoms in total. The number of nitrogens with zero attached hydrogens (tertiary/aromatic N) is 2. The second kappa shape index (κ2) is 5.48. The smallest absolute Gasteiger partial charge is 0.226 e. The molecular formula is C14H17N3OS. The van der Waals surface area contributed by atoms with Gasteiger partial charge in [0.2, 0.25) is 5.91 Å². The summed E-state index contributed by atoms with van der Waals surface area (Å²) in [5.74, 6) is -0.000853. The molecule has 0 radical (unpaired) electrons. The highest BCUT2D eigenvalue weighted by Gasteiger charge is 2.15. The van der Waals surface area contributed by atoms with E-state index < -0.39 is 0 Å². The molecule has 19 heavy (non-hydrogen) atoms. The van der Waals surface area contributed by atoms with Gasteiger partial charge in [-0.3, -0.25) is 9.78 Å². The molecule has 2 aromatic rings. The Morgan fingerprint density at radius 3 is 2.63 bits per heavy atom. The largest absolute Gasteiger partial charge is 0.351 e. The van der Waals surface area contributed by atoms with E-state index in [4.69, 9.17) is 0 Å². The Morgan fingerprint density at radius 1 is 1.32 bits per heavy atom. The third kappa shape index (κ3) is 4.13. The highest BCUT2D eigenvalue weighted by atomic mass is 32.1. The highest BCUT2D eigenvalue weighted by Crippen LogP contribution is 2.23. The van der Waals surface area contributed by atoms with Gasteiger partial charge in [-0.1, -0.05) is 0 Å². The van der Waals surface area contributed by atoms with E-state index in [-0.39, 0.29) is 11.4 Å². The van der Waals surface area contributed by atoms with Crippen LogP contribution in [0.1, 0.15) is 26.5 Å². The molecule has 2 heterocycles. The van der Waals surface area contributed by atoms with Crippen LogP contribution in [-0.4, -0.2) is 21.4 Å². The van der Waals surface area contributed by atoms with Gasteiger partial charge in [-0.2, -0.15) is 0 Å². The second-order valence-corrected chi connectivity index (χ2v) is 6.21. The van der Waals surface area contributed by atoms with Crippen molar-refractivity contribution in [2.75, 3.05) is 0 Å². The minimum atomic E-state index is -0.207. The molecule has 2 rings (SSSR count). The van der Waals surface area contributed by atoms with Gasteiger partial charge in [-0.25, -0.2) is 4.98 Å². The number of amides is 1. The van der Waals surface area contributed by atoms with Crippen molar-refractivity contribution in [3.63, 3.8) is 0 Å². The summed E-state index contributed by atoms with van der Waals surface area (Å²) in [6, 6.07) is 3.83. The monoisotopic (exact) mass is 275 g/mol. The number of nitrogens with one attached hydrogen (secondary N) is 1. The Bertz CT molecular complexity index is 558. The molecule has 0 bridgehead atoms. The third-order valence-corrected chi connectivity index (χ3v) is 3.28. The highest BCUT2D eigenvalue weighted by molar-refractivity contribution is 7.13. The normalized spacial score (nSPS) is 11.3. The quantitative estimate of drug-likeness (QED) is 0.937. The molecule has 0 saturated heterocycles. The van der Waals surface area contributed by atoms with Crippen LogP contribution in [0.25, 0.3) is 10.6 Å². The van der Waals surface area contributed by atoms with Crippen molar-refractivity contribution in [3.8, 4) is 10.6 Å². The molecule has 0 atom stereocenters. The van der Waals surface area contributed by atoms with E-state index in [2.05, 4.69) is 15.3 Å². The number of rotatable bonds is 3. The van der Waals surface area contributed by atoms with Crippen molar-refractivity contribution < 1.29 is 4.79 Å². The lowest BCUT2D eigenvalue weighted by molar-refractivity contribution is -0.121. The molecule has 0 saturated carbocycles. The number of thiazole rings is 1. The SMILES string of the molecule is CC(C)(C)NC(=O)Cc1csc(-c2ccncc2)n1. The van der Waals surface area contributed by atoms with Gasteiger partial charge in [-0.05, 0) is 32.9 Å². The first-order chi connectivity index (χ1) is 8.94. The fourth-order valence-corrected chi connectivity index (χ4v) is 2.47. The van der Waals surface area contributed by atoms with Gasteiger partial charge in [0, 0.05) is 28.9 Å². The minimum Gasteiger partial charge on any atom is -0.351 e. The second-order valence-electron chi connectivity index (χ2n) is 5.35. The van der Waals surface area contributed by atoms with Crippen LogP contribution in [0.2, 0.25) is 0 Å². The van der Waals surface area contributed by atoms with E-state index in [1.165, 1.54) is 0 Å². The van der Waals surface area contributed by atoms with Crippen molar-refractivity contribution in [2.24, 2.45) is 0 Å². The summed E-state index contributed by atoms with van der Waals surface area (Å²) >= 11 is 1.54. The average Bonchev–Trinajstić information content (AvgIpc) is 2.76. The molecule has 0 aliphatic carbocycles. The van der Waals surface area contributed by atoms with Gasteiger partial charge in [0.15, 0.2) is 0 Å². The molecule has 100 valence electrons. The van der Waals surface area contributed by atoms with E-state index in [1.54, 1.807) is 23.7 Å². The molecule has 1 amide bonds. The Balaban J connectivity index is 2.04. The van der Waals surface area contributed by atoms with Crippen LogP contribution in [0.3, 0.4) is 0 Å². The lowest BCUT2D eigenvalue weighted by Crippen LogP contribution is -2.41. The van der Waals surface area contributed by atoms with Crippen LogP contribution in [0.4, 0.5) is 0 Å². The predicted octanol–water partition coefficient (Wildman–Crippen LogP) is 2.66. The molecule has 0 spiro atoms. The van der Waals surface area contributed by atoms with E-state index >= 15 is 0 Å². The standard InChI is InChI=1S/C14H17N3OS/c1-14(2,3)17-12(18)8-11-9-19-13(16-11)10-4-6-15-7-5-10/h4-7,9H,8H2,1-3H3,(H,17,18). The molecule has 0 aliphatic rings. The fraction of sp³-hybridized carbons (Fsp3) is 0.357. The van der Waals surface area contributed by atoms with Crippen molar-refractivity contribution >= 4 is 17.2 Å². The molecule has 5 heteroatoms. The zero-order valence-corrected chi connectivity index (χ0v) is 12.1. The van der Waals surface area contributed by atoms with Crippen molar-refractivity contribution in [3.05, 3.63) is 35.6 Å². The molecule has 1 N–H and O–H groups in total. The van der Waals surface area contributed by atoms with Crippen LogP contribution in [0.15, 0.2) is 29.9 Å². The lowest BCUT2D eigenvalue weighted by Gasteiger charge is -2.20. The van der Waals surface area contributed by atoms with Gasteiger partial charge in [0.1, 0.15) is 5.01 Å². The first-order valence-corrected chi connectivity index (χ1v) is 6.98. The number of carbonyl (C=O) groups is 1. The van der Waals surface area contributed by atoms with Gasteiger partial charge in [0.25, 0.3) is 0 Å². The summed E-state index contributed by atoms with van der Waals surface area (Å²) in [5.41, 5.74) is 1.63. The maximum Gasteiger partial charge on any atom is 0.226 e. The lowest BCUT2D eigenvalue weighted by atomic mass is 10.1. The van der Waals surface area contributed by atoms with E-state index in [9.17, 15) is 4.79 Å². The summed E-state index contributed by atoms with van der Waals surface area (Å²) in [6.07, 6.45) is 3.80. The Hall–Kier alpha value is -1.75. The summed E-state index contributed by atoms with van der Waals surface area (Å²) in [7, 11) is 0. The predicted molar refractivity (Wildman–Crippen MR) is 76.9 cm³/mol. The number of hydrogen-bond acceptors (Lipinski definition) is 4. The van der Waals surface area contributed by atoms with Gasteiger partial charge in [-0.15, -0.1) is 11.3 Å². The van der Waals surface area contributed by atoms with Crippen LogP contribution >= 0.6 is 11.3 Å². The summed E-state index contributed by atoms with van der Waals surface area (Å²) in [6.45, 7) is 5.90. The maximum atomic E-state index is 11.8. The summed E-state index contributed by atoms with van der Waals surface area (Å²) < 4.78 is 0. The number of carbonyl (C=O) groups excluding carboxylic acids is 1. The van der Waals surface area contributed by atoms with Gasteiger partial charge < -0.3 is 5.32 Å². The average molecular weight is 275 g/mol. The Kier molecular flexibility index (Phi) is 3.95. The maximum absolute atomic E-state index is 11.8. The van der Waals surface area contributed by atoms with Crippen LogP contribution in [-0.2, 0) is 11.2 Å². The zero-order chi connectivity index (χ0) is 13.9. The molecule has 2 aromatic heterocycles. The van der Waals surface area contributed by atoms with E-state index in [1.807, 2.05) is 38.3 Å². The first kappa shape index (κ1) is 13.7. The number of pyridine rings is 1. The molecule has 0 aromatic carbocycles. The minimum absolute atomic E-state index is 0.000853. The van der Waals surface area contributed by atoms with E-state index in [0.29, 0.717) is 6.42 Å². The molecule has 0 unspecified atom stereocenters. The summed E-state index contributed by atoms with van der Waals surface area (Å²) in [5, 5.41) is 5.78. The van der Waals surface area contributed by atoms with Crippen LogP contribution < -0.4 is 5.32 Å². The van der Waals surface area contributed by atoms with Crippen molar-refractivity contribution in [1.82, 2.24) is 15.3 Å². The number of aromatic nitrogens is 2. The molecule has 0 fully saturated rings. The van der Waals surface area contributed by atoms with Gasteiger partial charge >= 0.3 is 0 Å². The third-order valence-electron chi connectivity index (χ3n) is 2.34. The topological polar surface area (TPSA) is 54.9 Å². The fourth-order valence-electron chi connectivity index (χ4n) is 1.64. The number of hydrogen-bond donors (Lipinski definition) is 1. The first-order valence-electron chi connectivity index (χ1n) is 6.10. The zero-order valence-electron chi connectivity index (χ0n) is 11.3. The Labute approximate surface area is 116 Å². The Morgan fingerprint density at radius 2 is 2.00 bits per heavy atom. The van der Waals surface area contributed by atoms with Gasteiger partial charge in [0.05, 0.1) is 12.1 Å². The van der Waals surface area contributed by atoms with Crippen LogP contribution in [0, 0.1) is 0 Å².